The zero-order valence-electron chi connectivity index (χ0n) is 26.5. The number of rotatable bonds is 15. The quantitative estimate of drug-likeness (QED) is 0.153. The van der Waals surface area contributed by atoms with Crippen LogP contribution in [0.15, 0.2) is 24.3 Å². The predicted octanol–water partition coefficient (Wildman–Crippen LogP) is 4.00. The molecule has 2 atom stereocenters. The number of carbonyl (C=O) groups excluding carboxylic acids is 5. The van der Waals surface area contributed by atoms with Crippen molar-refractivity contribution in [2.24, 2.45) is 22.5 Å². The molecule has 1 aromatic carbocycles. The van der Waals surface area contributed by atoms with Crippen LogP contribution in [-0.4, -0.2) is 48.4 Å². The molecular formula is C31H51N5O6. The van der Waals surface area contributed by atoms with Gasteiger partial charge < -0.3 is 31.7 Å². The van der Waals surface area contributed by atoms with Crippen LogP contribution in [0.4, 0.5) is 10.5 Å². The zero-order chi connectivity index (χ0) is 32.1. The molecule has 0 spiro atoms. The molecule has 0 fully saturated rings. The van der Waals surface area contributed by atoms with Crippen molar-refractivity contribution in [3.8, 4) is 0 Å². The fraction of sp³-hybridized carbons (Fsp3) is 0.645. The minimum atomic E-state index is -0.932. The highest BCUT2D eigenvalue weighted by Gasteiger charge is 2.29. The second-order valence-corrected chi connectivity index (χ2v) is 13.2. The molecule has 236 valence electrons. The maximum atomic E-state index is 13.3. The molecule has 0 bridgehead atoms. The minimum Gasteiger partial charge on any atom is -0.460 e. The van der Waals surface area contributed by atoms with Gasteiger partial charge in [-0.1, -0.05) is 46.8 Å². The number of carbonyl (C=O) groups is 5. The Kier molecular flexibility index (Phi) is 14.5. The number of hydrogen-bond acceptors (Lipinski definition) is 6. The molecule has 0 aliphatic heterocycles. The second-order valence-electron chi connectivity index (χ2n) is 13.2. The summed E-state index contributed by atoms with van der Waals surface area (Å²) in [6.07, 6.45) is 2.50. The van der Waals surface area contributed by atoms with Gasteiger partial charge in [0, 0.05) is 18.7 Å². The SMILES string of the molecule is CC(C)[C@H](NC(=O)CCCC(C)(C)C)C(=O)N[C@@H](CCCNC(N)=O)C(=O)Nc1ccc(COC(=O)C(C)(C)C)cc1. The second kappa shape index (κ2) is 16.7. The average Bonchev–Trinajstić information content (AvgIpc) is 2.86. The number of nitrogens with one attached hydrogen (secondary N) is 4. The van der Waals surface area contributed by atoms with Crippen molar-refractivity contribution in [3.63, 3.8) is 0 Å². The fourth-order valence-corrected chi connectivity index (χ4v) is 3.89. The fourth-order valence-electron chi connectivity index (χ4n) is 3.89. The number of nitrogens with two attached hydrogens (primary N) is 1. The van der Waals surface area contributed by atoms with Crippen LogP contribution >= 0.6 is 0 Å². The summed E-state index contributed by atoms with van der Waals surface area (Å²) in [5, 5.41) is 10.9. The van der Waals surface area contributed by atoms with Crippen LogP contribution in [0, 0.1) is 16.7 Å². The first kappa shape index (κ1) is 36.4. The van der Waals surface area contributed by atoms with E-state index in [0.29, 0.717) is 24.9 Å². The summed E-state index contributed by atoms with van der Waals surface area (Å²) in [7, 11) is 0. The van der Waals surface area contributed by atoms with Gasteiger partial charge in [0.05, 0.1) is 5.41 Å². The van der Waals surface area contributed by atoms with Crippen molar-refractivity contribution < 1.29 is 28.7 Å². The Balaban J connectivity index is 2.90. The largest absolute Gasteiger partial charge is 0.460 e. The van der Waals surface area contributed by atoms with E-state index in [4.69, 9.17) is 10.5 Å². The Hall–Kier alpha value is -3.63. The van der Waals surface area contributed by atoms with Gasteiger partial charge in [-0.25, -0.2) is 4.79 Å². The van der Waals surface area contributed by atoms with Crippen LogP contribution in [0.2, 0.25) is 0 Å². The van der Waals surface area contributed by atoms with Gasteiger partial charge in [-0.2, -0.15) is 0 Å². The van der Waals surface area contributed by atoms with Gasteiger partial charge in [-0.05, 0) is 75.5 Å². The molecule has 0 aliphatic carbocycles. The van der Waals surface area contributed by atoms with Crippen molar-refractivity contribution in [3.05, 3.63) is 29.8 Å². The lowest BCUT2D eigenvalue weighted by molar-refractivity contribution is -0.154. The van der Waals surface area contributed by atoms with E-state index >= 15 is 0 Å². The Labute approximate surface area is 250 Å². The average molecular weight is 590 g/mol. The molecule has 0 aliphatic rings. The number of urea groups is 1. The third kappa shape index (κ3) is 14.8. The summed E-state index contributed by atoms with van der Waals surface area (Å²) < 4.78 is 5.33. The molecular weight excluding hydrogens is 538 g/mol. The molecule has 0 aromatic heterocycles. The van der Waals surface area contributed by atoms with E-state index in [0.717, 1.165) is 12.0 Å². The first-order valence-corrected chi connectivity index (χ1v) is 14.6. The van der Waals surface area contributed by atoms with Crippen molar-refractivity contribution in [2.75, 3.05) is 11.9 Å². The van der Waals surface area contributed by atoms with Gasteiger partial charge in [0.25, 0.3) is 0 Å². The maximum absolute atomic E-state index is 13.3. The summed E-state index contributed by atoms with van der Waals surface area (Å²) in [4.78, 5) is 62.2. The summed E-state index contributed by atoms with van der Waals surface area (Å²) >= 11 is 0. The lowest BCUT2D eigenvalue weighted by atomic mass is 9.90. The Morgan fingerprint density at radius 2 is 1.50 bits per heavy atom. The van der Waals surface area contributed by atoms with E-state index in [1.807, 2.05) is 13.8 Å². The molecule has 6 N–H and O–H groups in total. The maximum Gasteiger partial charge on any atom is 0.312 e. The van der Waals surface area contributed by atoms with E-state index in [9.17, 15) is 24.0 Å². The number of anilines is 1. The van der Waals surface area contributed by atoms with E-state index in [1.54, 1.807) is 45.0 Å². The third-order valence-electron chi connectivity index (χ3n) is 6.40. The monoisotopic (exact) mass is 589 g/mol. The normalized spacial score (nSPS) is 13.1. The van der Waals surface area contributed by atoms with E-state index in [-0.39, 0.29) is 42.8 Å². The summed E-state index contributed by atoms with van der Waals surface area (Å²) in [5.41, 5.74) is 5.89. The molecule has 42 heavy (non-hydrogen) atoms. The number of benzene rings is 1. The summed E-state index contributed by atoms with van der Waals surface area (Å²) in [6, 6.07) is 4.41. The molecule has 0 saturated carbocycles. The molecule has 1 aromatic rings. The van der Waals surface area contributed by atoms with Gasteiger partial charge >= 0.3 is 12.0 Å². The van der Waals surface area contributed by atoms with Gasteiger partial charge in [0.1, 0.15) is 18.7 Å². The van der Waals surface area contributed by atoms with Crippen LogP contribution in [0.1, 0.15) is 93.1 Å². The molecule has 11 nitrogen and oxygen atoms in total. The Morgan fingerprint density at radius 1 is 0.881 bits per heavy atom. The highest BCUT2D eigenvalue weighted by molar-refractivity contribution is 5.98. The van der Waals surface area contributed by atoms with Crippen molar-refractivity contribution in [1.29, 1.82) is 0 Å². The van der Waals surface area contributed by atoms with E-state index < -0.39 is 35.3 Å². The topological polar surface area (TPSA) is 169 Å². The molecule has 11 heteroatoms. The molecule has 0 heterocycles. The van der Waals surface area contributed by atoms with E-state index in [2.05, 4.69) is 42.0 Å². The molecule has 0 unspecified atom stereocenters. The zero-order valence-corrected chi connectivity index (χ0v) is 26.5. The van der Waals surface area contributed by atoms with Gasteiger partial charge in [0.15, 0.2) is 0 Å². The molecule has 5 amide bonds. The number of esters is 1. The standard InChI is InChI=1S/C31H51N5O6/c1-20(2)25(36-24(37)12-9-17-30(3,4)5)27(39)35-23(11-10-18-33-29(32)41)26(38)34-22-15-13-21(14-16-22)19-42-28(40)31(6,7)8/h13-16,20,23,25H,9-12,17-19H2,1-8H3,(H,34,38)(H,35,39)(H,36,37)(H3,32,33,41)/t23-,25-/m0/s1. The van der Waals surface area contributed by atoms with Crippen molar-refractivity contribution in [2.45, 2.75) is 106 Å². The first-order valence-electron chi connectivity index (χ1n) is 14.6. The van der Waals surface area contributed by atoms with Crippen LogP contribution in [0.25, 0.3) is 0 Å². The highest BCUT2D eigenvalue weighted by atomic mass is 16.5. The van der Waals surface area contributed by atoms with E-state index in [1.165, 1.54) is 0 Å². The molecule has 0 radical (unpaired) electrons. The van der Waals surface area contributed by atoms with Crippen LogP contribution in [0.3, 0.4) is 0 Å². The number of ether oxygens (including phenoxy) is 1. The lowest BCUT2D eigenvalue weighted by Gasteiger charge is -2.26. The summed E-state index contributed by atoms with van der Waals surface area (Å²) in [5.74, 6) is -1.66. The van der Waals surface area contributed by atoms with Crippen molar-refractivity contribution >= 4 is 35.4 Å². The van der Waals surface area contributed by atoms with Crippen LogP contribution < -0.4 is 27.0 Å². The van der Waals surface area contributed by atoms with Crippen molar-refractivity contribution in [1.82, 2.24) is 16.0 Å². The van der Waals surface area contributed by atoms with Crippen LogP contribution in [-0.2, 0) is 30.5 Å². The Morgan fingerprint density at radius 3 is 2.02 bits per heavy atom. The number of amides is 5. The van der Waals surface area contributed by atoms with Gasteiger partial charge in [0.2, 0.25) is 17.7 Å². The van der Waals surface area contributed by atoms with Gasteiger partial charge in [-0.15, -0.1) is 0 Å². The summed E-state index contributed by atoms with van der Waals surface area (Å²) in [6.45, 7) is 15.6. The first-order chi connectivity index (χ1) is 19.4. The molecule has 0 saturated heterocycles. The lowest BCUT2D eigenvalue weighted by Crippen LogP contribution is -2.54. The van der Waals surface area contributed by atoms with Crippen LogP contribution in [0.5, 0.6) is 0 Å². The minimum absolute atomic E-state index is 0.106. The third-order valence-corrected chi connectivity index (χ3v) is 6.40. The predicted molar refractivity (Wildman–Crippen MR) is 163 cm³/mol. The highest BCUT2D eigenvalue weighted by Crippen LogP contribution is 2.21. The van der Waals surface area contributed by atoms with Gasteiger partial charge in [-0.3, -0.25) is 19.2 Å². The smallest absolute Gasteiger partial charge is 0.312 e. The number of primary amides is 1. The molecule has 1 rings (SSSR count). The number of hydrogen-bond donors (Lipinski definition) is 5. The Bertz CT molecular complexity index is 1060.